The molecule has 0 atom stereocenters. The third-order valence-corrected chi connectivity index (χ3v) is 3.79. The number of nitrogens with one attached hydrogen (secondary N) is 1. The molecule has 3 rings (SSSR count). The van der Waals surface area contributed by atoms with Crippen molar-refractivity contribution in [3.8, 4) is 0 Å². The van der Waals surface area contributed by atoms with Gasteiger partial charge in [-0.3, -0.25) is 0 Å². The Labute approximate surface area is 94.5 Å². The second-order valence-electron chi connectivity index (χ2n) is 3.94. The third-order valence-electron chi connectivity index (χ3n) is 2.97. The Morgan fingerprint density at radius 2 is 1.93 bits per heavy atom. The zero-order valence-corrected chi connectivity index (χ0v) is 9.39. The molecular formula is C12H14N2S. The first-order valence-corrected chi connectivity index (χ1v) is 6.24. The van der Waals surface area contributed by atoms with E-state index in [9.17, 15) is 0 Å². The number of benzene rings is 1. The van der Waals surface area contributed by atoms with Crippen LogP contribution in [0.2, 0.25) is 0 Å². The highest BCUT2D eigenvalue weighted by atomic mass is 32.2. The highest BCUT2D eigenvalue weighted by molar-refractivity contribution is 7.97. The molecular weight excluding hydrogens is 204 g/mol. The van der Waals surface area contributed by atoms with Gasteiger partial charge >= 0.3 is 0 Å². The SMILES string of the molecule is C1=C(N2CCCC2)c2ccccc2SN1. The summed E-state index contributed by atoms with van der Waals surface area (Å²) in [5.74, 6) is 0. The molecule has 1 N–H and O–H groups in total. The van der Waals surface area contributed by atoms with Gasteiger partial charge in [-0.15, -0.1) is 0 Å². The summed E-state index contributed by atoms with van der Waals surface area (Å²) in [6.45, 7) is 2.40. The molecule has 0 spiro atoms. The van der Waals surface area contributed by atoms with Gasteiger partial charge < -0.3 is 9.62 Å². The average molecular weight is 218 g/mol. The Morgan fingerprint density at radius 3 is 2.80 bits per heavy atom. The van der Waals surface area contributed by atoms with Crippen LogP contribution in [0, 0.1) is 0 Å². The van der Waals surface area contributed by atoms with E-state index in [1.807, 2.05) is 0 Å². The molecule has 0 amide bonds. The van der Waals surface area contributed by atoms with Crippen molar-refractivity contribution in [3.63, 3.8) is 0 Å². The van der Waals surface area contributed by atoms with Crippen LogP contribution in [-0.4, -0.2) is 18.0 Å². The van der Waals surface area contributed by atoms with Gasteiger partial charge in [0.05, 0.1) is 5.70 Å². The fourth-order valence-electron chi connectivity index (χ4n) is 2.21. The predicted molar refractivity (Wildman–Crippen MR) is 64.2 cm³/mol. The van der Waals surface area contributed by atoms with E-state index in [0.29, 0.717) is 0 Å². The first-order chi connectivity index (χ1) is 7.45. The maximum atomic E-state index is 3.28. The fraction of sp³-hybridized carbons (Fsp3) is 0.333. The summed E-state index contributed by atoms with van der Waals surface area (Å²) in [4.78, 5) is 3.81. The molecule has 78 valence electrons. The van der Waals surface area contributed by atoms with E-state index < -0.39 is 0 Å². The molecule has 2 aliphatic rings. The van der Waals surface area contributed by atoms with Gasteiger partial charge in [-0.2, -0.15) is 0 Å². The van der Waals surface area contributed by atoms with Crippen LogP contribution in [0.4, 0.5) is 0 Å². The van der Waals surface area contributed by atoms with Gasteiger partial charge in [0.15, 0.2) is 0 Å². The summed E-state index contributed by atoms with van der Waals surface area (Å²) in [5, 5.41) is 0. The van der Waals surface area contributed by atoms with E-state index >= 15 is 0 Å². The Kier molecular flexibility index (Phi) is 2.33. The molecule has 1 aromatic carbocycles. The smallest absolute Gasteiger partial charge is 0.0620 e. The number of hydrogen-bond donors (Lipinski definition) is 1. The van der Waals surface area contributed by atoms with Crippen LogP contribution in [0.3, 0.4) is 0 Å². The largest absolute Gasteiger partial charge is 0.370 e. The zero-order valence-electron chi connectivity index (χ0n) is 8.57. The first-order valence-electron chi connectivity index (χ1n) is 5.42. The van der Waals surface area contributed by atoms with E-state index in [2.05, 4.69) is 40.1 Å². The Balaban J connectivity index is 1.98. The molecule has 1 fully saturated rings. The van der Waals surface area contributed by atoms with Crippen molar-refractivity contribution in [1.82, 2.24) is 9.62 Å². The molecule has 0 aliphatic carbocycles. The summed E-state index contributed by atoms with van der Waals surface area (Å²) in [6.07, 6.45) is 4.79. The maximum absolute atomic E-state index is 3.28. The lowest BCUT2D eigenvalue weighted by atomic mass is 10.1. The minimum atomic E-state index is 1.20. The van der Waals surface area contributed by atoms with E-state index in [0.717, 1.165) is 0 Å². The number of likely N-dealkylation sites (tertiary alicyclic amines) is 1. The van der Waals surface area contributed by atoms with E-state index in [1.54, 1.807) is 11.9 Å². The van der Waals surface area contributed by atoms with Crippen molar-refractivity contribution >= 4 is 17.6 Å². The molecule has 15 heavy (non-hydrogen) atoms. The Bertz CT molecular complexity index is 394. The number of nitrogens with zero attached hydrogens (tertiary/aromatic N) is 1. The van der Waals surface area contributed by atoms with Gasteiger partial charge in [-0.1, -0.05) is 18.2 Å². The summed E-state index contributed by atoms with van der Waals surface area (Å²) >= 11 is 1.70. The molecule has 2 nitrogen and oxygen atoms in total. The van der Waals surface area contributed by atoms with Crippen molar-refractivity contribution in [1.29, 1.82) is 0 Å². The zero-order chi connectivity index (χ0) is 10.1. The highest BCUT2D eigenvalue weighted by Crippen LogP contribution is 2.33. The van der Waals surface area contributed by atoms with E-state index in [4.69, 9.17) is 0 Å². The molecule has 2 heterocycles. The molecule has 1 saturated heterocycles. The lowest BCUT2D eigenvalue weighted by Crippen LogP contribution is -2.21. The quantitative estimate of drug-likeness (QED) is 0.730. The number of rotatable bonds is 1. The third kappa shape index (κ3) is 1.61. The van der Waals surface area contributed by atoms with Crippen LogP contribution in [-0.2, 0) is 0 Å². The molecule has 0 bridgehead atoms. The second kappa shape index (κ2) is 3.81. The molecule has 2 aliphatic heterocycles. The normalized spacial score (nSPS) is 19.5. The lowest BCUT2D eigenvalue weighted by Gasteiger charge is -2.26. The van der Waals surface area contributed by atoms with Crippen LogP contribution in [0.1, 0.15) is 18.4 Å². The molecule has 0 aromatic heterocycles. The van der Waals surface area contributed by atoms with Crippen LogP contribution in [0.5, 0.6) is 0 Å². The van der Waals surface area contributed by atoms with Crippen LogP contribution in [0.15, 0.2) is 35.4 Å². The van der Waals surface area contributed by atoms with Crippen molar-refractivity contribution in [3.05, 3.63) is 36.0 Å². The van der Waals surface area contributed by atoms with Crippen LogP contribution < -0.4 is 4.72 Å². The number of hydrogen-bond acceptors (Lipinski definition) is 3. The average Bonchev–Trinajstić information content (AvgIpc) is 2.82. The predicted octanol–water partition coefficient (Wildman–Crippen LogP) is 2.69. The second-order valence-corrected chi connectivity index (χ2v) is 4.82. The molecule has 0 unspecified atom stereocenters. The van der Waals surface area contributed by atoms with Gasteiger partial charge in [-0.25, -0.2) is 0 Å². The number of fused-ring (bicyclic) bond motifs is 1. The highest BCUT2D eigenvalue weighted by Gasteiger charge is 2.20. The van der Waals surface area contributed by atoms with E-state index in [-0.39, 0.29) is 0 Å². The first kappa shape index (κ1) is 9.16. The summed E-state index contributed by atoms with van der Waals surface area (Å²) in [6, 6.07) is 8.61. The summed E-state index contributed by atoms with van der Waals surface area (Å²) in [5.41, 5.74) is 2.74. The van der Waals surface area contributed by atoms with Crippen molar-refractivity contribution in [2.75, 3.05) is 13.1 Å². The molecule has 1 aromatic rings. The maximum Gasteiger partial charge on any atom is 0.0620 e. The van der Waals surface area contributed by atoms with Gasteiger partial charge in [0, 0.05) is 29.7 Å². The Morgan fingerprint density at radius 1 is 1.13 bits per heavy atom. The standard InChI is InChI=1S/C12H14N2S/c1-2-6-12-10(5-1)11(9-13-15-12)14-7-3-4-8-14/h1-2,5-6,9,13H,3-4,7-8H2. The van der Waals surface area contributed by atoms with Gasteiger partial charge in [0.25, 0.3) is 0 Å². The minimum absolute atomic E-state index is 1.20. The molecule has 3 heteroatoms. The van der Waals surface area contributed by atoms with E-state index in [1.165, 1.54) is 42.1 Å². The monoisotopic (exact) mass is 218 g/mol. The van der Waals surface area contributed by atoms with Gasteiger partial charge in [0.1, 0.15) is 0 Å². The van der Waals surface area contributed by atoms with Crippen LogP contribution >= 0.6 is 11.9 Å². The summed E-state index contributed by atoms with van der Waals surface area (Å²) in [7, 11) is 0. The Hall–Kier alpha value is -1.09. The van der Waals surface area contributed by atoms with Crippen molar-refractivity contribution in [2.24, 2.45) is 0 Å². The van der Waals surface area contributed by atoms with Gasteiger partial charge in [-0.05, 0) is 30.9 Å². The lowest BCUT2D eigenvalue weighted by molar-refractivity contribution is 0.490. The minimum Gasteiger partial charge on any atom is -0.370 e. The molecule has 0 radical (unpaired) electrons. The topological polar surface area (TPSA) is 15.3 Å². The van der Waals surface area contributed by atoms with Crippen molar-refractivity contribution < 1.29 is 0 Å². The van der Waals surface area contributed by atoms with Crippen LogP contribution in [0.25, 0.3) is 5.70 Å². The van der Waals surface area contributed by atoms with Crippen molar-refractivity contribution in [2.45, 2.75) is 17.7 Å². The summed E-state index contributed by atoms with van der Waals surface area (Å²) < 4.78 is 3.28. The fourth-order valence-corrected chi connectivity index (χ4v) is 2.94. The molecule has 0 saturated carbocycles. The van der Waals surface area contributed by atoms with Gasteiger partial charge in [0.2, 0.25) is 0 Å².